The zero-order chi connectivity index (χ0) is 7.49. The molecule has 0 radical (unpaired) electrons. The van der Waals surface area contributed by atoms with Crippen LogP contribution in [0.5, 0.6) is 0 Å². The Kier molecular flexibility index (Phi) is 2.24. The molecule has 0 amide bonds. The van der Waals surface area contributed by atoms with E-state index < -0.39 is 18.2 Å². The summed E-state index contributed by atoms with van der Waals surface area (Å²) in [5.74, 6) is -5.83. The van der Waals surface area contributed by atoms with Crippen LogP contribution in [0.4, 0.5) is 8.78 Å². The summed E-state index contributed by atoms with van der Waals surface area (Å²) in [6.45, 7) is 0. The van der Waals surface area contributed by atoms with Crippen molar-refractivity contribution in [1.82, 2.24) is 0 Å². The van der Waals surface area contributed by atoms with Crippen molar-refractivity contribution in [2.45, 2.75) is 5.92 Å². The van der Waals surface area contributed by atoms with Crippen LogP contribution < -0.4 is 0 Å². The number of hydrogen-bond donors (Lipinski definition) is 0. The lowest BCUT2D eigenvalue weighted by Crippen LogP contribution is -2.31. The number of halogens is 2. The first-order valence-corrected chi connectivity index (χ1v) is 1.97. The van der Waals surface area contributed by atoms with Crippen molar-refractivity contribution in [3.8, 4) is 0 Å². The molecule has 0 spiro atoms. The SMILES string of the molecule is COC(=O)C(F)(F)C=O. The average molecular weight is 138 g/mol. The van der Waals surface area contributed by atoms with Crippen molar-refractivity contribution < 1.29 is 23.1 Å². The topological polar surface area (TPSA) is 43.4 Å². The first kappa shape index (κ1) is 8.00. The summed E-state index contributed by atoms with van der Waals surface area (Å²) in [5.41, 5.74) is 0. The van der Waals surface area contributed by atoms with Gasteiger partial charge < -0.3 is 4.74 Å². The molecule has 0 aliphatic carbocycles. The van der Waals surface area contributed by atoms with Gasteiger partial charge in [0.05, 0.1) is 7.11 Å². The molecule has 3 nitrogen and oxygen atoms in total. The predicted octanol–water partition coefficient (Wildman–Crippen LogP) is -0.00640. The van der Waals surface area contributed by atoms with Crippen molar-refractivity contribution in [2.24, 2.45) is 0 Å². The quantitative estimate of drug-likeness (QED) is 0.306. The molecule has 0 atom stereocenters. The van der Waals surface area contributed by atoms with Gasteiger partial charge in [0, 0.05) is 0 Å². The number of alkyl halides is 2. The minimum Gasteiger partial charge on any atom is -0.464 e. The summed E-state index contributed by atoms with van der Waals surface area (Å²) in [6.07, 6.45) is -0.765. The van der Waals surface area contributed by atoms with E-state index in [4.69, 9.17) is 0 Å². The molecule has 0 bridgehead atoms. The molecule has 0 heterocycles. The molecule has 5 heteroatoms. The summed E-state index contributed by atoms with van der Waals surface area (Å²) >= 11 is 0. The van der Waals surface area contributed by atoms with Gasteiger partial charge in [0.2, 0.25) is 6.29 Å². The molecule has 0 aromatic rings. The van der Waals surface area contributed by atoms with Crippen LogP contribution in [0.1, 0.15) is 0 Å². The number of hydrogen-bond acceptors (Lipinski definition) is 3. The maximum atomic E-state index is 11.7. The van der Waals surface area contributed by atoms with Crippen LogP contribution in [0.2, 0.25) is 0 Å². The Labute approximate surface area is 49.6 Å². The van der Waals surface area contributed by atoms with Gasteiger partial charge in [0.25, 0.3) is 0 Å². The van der Waals surface area contributed by atoms with E-state index in [-0.39, 0.29) is 0 Å². The van der Waals surface area contributed by atoms with E-state index in [1.807, 2.05) is 0 Å². The average Bonchev–Trinajstić information content (AvgIpc) is 1.86. The summed E-state index contributed by atoms with van der Waals surface area (Å²) in [6, 6.07) is 0. The second-order valence-corrected chi connectivity index (χ2v) is 1.23. The highest BCUT2D eigenvalue weighted by molar-refractivity contribution is 5.94. The third-order valence-corrected chi connectivity index (χ3v) is 0.606. The molecule has 0 aliphatic heterocycles. The molecule has 0 rings (SSSR count). The molecule has 0 aromatic heterocycles. The third kappa shape index (κ3) is 1.75. The van der Waals surface area contributed by atoms with E-state index in [0.717, 1.165) is 7.11 Å². The molecule has 0 fully saturated rings. The van der Waals surface area contributed by atoms with Crippen LogP contribution in [0, 0.1) is 0 Å². The van der Waals surface area contributed by atoms with Crippen LogP contribution >= 0.6 is 0 Å². The van der Waals surface area contributed by atoms with E-state index >= 15 is 0 Å². The Morgan fingerprint density at radius 2 is 2.11 bits per heavy atom. The third-order valence-electron chi connectivity index (χ3n) is 0.606. The summed E-state index contributed by atoms with van der Waals surface area (Å²) < 4.78 is 27.0. The van der Waals surface area contributed by atoms with E-state index in [0.29, 0.717) is 0 Å². The van der Waals surface area contributed by atoms with E-state index in [2.05, 4.69) is 4.74 Å². The molecular formula is C4H4F2O3. The Bertz CT molecular complexity index is 132. The second-order valence-electron chi connectivity index (χ2n) is 1.23. The zero-order valence-electron chi connectivity index (χ0n) is 4.56. The lowest BCUT2D eigenvalue weighted by atomic mass is 10.4. The van der Waals surface area contributed by atoms with Gasteiger partial charge >= 0.3 is 11.9 Å². The Hall–Kier alpha value is -1.00. The minimum atomic E-state index is -3.99. The summed E-state index contributed by atoms with van der Waals surface area (Å²) in [5, 5.41) is 0. The van der Waals surface area contributed by atoms with Crippen LogP contribution in [-0.4, -0.2) is 25.3 Å². The number of rotatable bonds is 2. The molecule has 0 unspecified atom stereocenters. The number of methoxy groups -OCH3 is 1. The van der Waals surface area contributed by atoms with Crippen LogP contribution in [0.25, 0.3) is 0 Å². The fourth-order valence-corrected chi connectivity index (χ4v) is 0.184. The lowest BCUT2D eigenvalue weighted by Gasteiger charge is -2.03. The van der Waals surface area contributed by atoms with Crippen molar-refractivity contribution in [2.75, 3.05) is 7.11 Å². The second kappa shape index (κ2) is 2.52. The smallest absolute Gasteiger partial charge is 0.396 e. The predicted molar refractivity (Wildman–Crippen MR) is 23.0 cm³/mol. The van der Waals surface area contributed by atoms with E-state index in [9.17, 15) is 18.4 Å². The highest BCUT2D eigenvalue weighted by atomic mass is 19.3. The fourth-order valence-electron chi connectivity index (χ4n) is 0.184. The Balaban J connectivity index is 4.14. The monoisotopic (exact) mass is 138 g/mol. The number of esters is 1. The zero-order valence-corrected chi connectivity index (χ0v) is 4.56. The van der Waals surface area contributed by atoms with E-state index in [1.165, 1.54) is 0 Å². The summed E-state index contributed by atoms with van der Waals surface area (Å²) in [4.78, 5) is 19.2. The molecular weight excluding hydrogens is 134 g/mol. The first-order valence-electron chi connectivity index (χ1n) is 1.97. The fraction of sp³-hybridized carbons (Fsp3) is 0.500. The number of ether oxygens (including phenoxy) is 1. The minimum absolute atomic E-state index is 0.765. The Morgan fingerprint density at radius 3 is 2.22 bits per heavy atom. The highest BCUT2D eigenvalue weighted by Gasteiger charge is 2.39. The molecule has 9 heavy (non-hydrogen) atoms. The molecule has 0 saturated carbocycles. The lowest BCUT2D eigenvalue weighted by molar-refractivity contribution is -0.169. The molecule has 52 valence electrons. The molecule has 0 aromatic carbocycles. The van der Waals surface area contributed by atoms with Gasteiger partial charge in [-0.15, -0.1) is 0 Å². The van der Waals surface area contributed by atoms with Gasteiger partial charge in [-0.25, -0.2) is 4.79 Å². The van der Waals surface area contributed by atoms with Crippen molar-refractivity contribution in [3.63, 3.8) is 0 Å². The van der Waals surface area contributed by atoms with Crippen molar-refractivity contribution in [1.29, 1.82) is 0 Å². The highest BCUT2D eigenvalue weighted by Crippen LogP contribution is 2.10. The number of aldehydes is 1. The van der Waals surface area contributed by atoms with Gasteiger partial charge in [-0.05, 0) is 0 Å². The van der Waals surface area contributed by atoms with Crippen LogP contribution in [-0.2, 0) is 14.3 Å². The van der Waals surface area contributed by atoms with Crippen molar-refractivity contribution >= 4 is 12.3 Å². The standard InChI is InChI=1S/C4H4F2O3/c1-9-3(8)4(5,6)2-7/h2H,1H3. The maximum Gasteiger partial charge on any atom is 0.396 e. The molecule has 0 aliphatic rings. The molecule has 0 N–H and O–H groups in total. The van der Waals surface area contributed by atoms with Gasteiger partial charge in [-0.1, -0.05) is 0 Å². The van der Waals surface area contributed by atoms with Gasteiger partial charge in [-0.2, -0.15) is 8.78 Å². The van der Waals surface area contributed by atoms with Gasteiger partial charge in [0.15, 0.2) is 0 Å². The van der Waals surface area contributed by atoms with Gasteiger partial charge in [-0.3, -0.25) is 4.79 Å². The number of carbonyl (C=O) groups is 2. The Morgan fingerprint density at radius 1 is 1.67 bits per heavy atom. The normalized spacial score (nSPS) is 10.6. The maximum absolute atomic E-state index is 11.7. The van der Waals surface area contributed by atoms with Gasteiger partial charge in [0.1, 0.15) is 0 Å². The largest absolute Gasteiger partial charge is 0.464 e. The number of carbonyl (C=O) groups excluding carboxylic acids is 2. The van der Waals surface area contributed by atoms with Crippen molar-refractivity contribution in [3.05, 3.63) is 0 Å². The first-order chi connectivity index (χ1) is 4.04. The van der Waals surface area contributed by atoms with Crippen LogP contribution in [0.3, 0.4) is 0 Å². The molecule has 0 saturated heterocycles. The van der Waals surface area contributed by atoms with Crippen LogP contribution in [0.15, 0.2) is 0 Å². The summed E-state index contributed by atoms with van der Waals surface area (Å²) in [7, 11) is 0.778. The van der Waals surface area contributed by atoms with E-state index in [1.54, 1.807) is 0 Å².